The van der Waals surface area contributed by atoms with E-state index in [2.05, 4.69) is 32.6 Å². The molecule has 4 saturated carbocycles. The van der Waals surface area contributed by atoms with E-state index < -0.39 is 0 Å². The maximum atomic E-state index is 9.33. The molecule has 1 heteroatoms. The van der Waals surface area contributed by atoms with E-state index in [1.807, 2.05) is 0 Å². The van der Waals surface area contributed by atoms with Gasteiger partial charge >= 0.3 is 0 Å². The molecular formula is C18H25N. The molecule has 102 valence electrons. The van der Waals surface area contributed by atoms with Crippen LogP contribution in [-0.2, 0) is 0 Å². The maximum Gasteiger partial charge on any atom is 0.0658 e. The summed E-state index contributed by atoms with van der Waals surface area (Å²) in [4.78, 5) is 0. The summed E-state index contributed by atoms with van der Waals surface area (Å²) >= 11 is 0. The summed E-state index contributed by atoms with van der Waals surface area (Å²) in [7, 11) is 0. The summed E-state index contributed by atoms with van der Waals surface area (Å²) in [6.07, 6.45) is 7.65. The second-order valence-corrected chi connectivity index (χ2v) is 8.31. The normalized spacial score (nSPS) is 54.2. The van der Waals surface area contributed by atoms with Gasteiger partial charge in [-0.1, -0.05) is 19.9 Å². The van der Waals surface area contributed by atoms with Crippen LogP contribution in [0.3, 0.4) is 0 Å². The standard InChI is InChI=1S/C18H25N/c1-4-18(2,3)15-8-11-7-14(15)17-10-5-12(9-19)13(6-10)16(11)17/h4,10-17H,1,5-8H2,2-3H3/t10?,11?,12?,13-,14?,15?,16?,17?/m1/s1. The summed E-state index contributed by atoms with van der Waals surface area (Å²) < 4.78 is 0. The molecule has 4 bridgehead atoms. The van der Waals surface area contributed by atoms with Crippen molar-refractivity contribution in [3.05, 3.63) is 12.7 Å². The molecular weight excluding hydrogens is 230 g/mol. The number of allylic oxidation sites excluding steroid dienone is 1. The van der Waals surface area contributed by atoms with Gasteiger partial charge in [-0.05, 0) is 72.5 Å². The number of hydrogen-bond donors (Lipinski definition) is 0. The van der Waals surface area contributed by atoms with Crippen LogP contribution in [-0.4, -0.2) is 0 Å². The molecule has 4 fully saturated rings. The third-order valence-corrected chi connectivity index (χ3v) is 7.47. The fourth-order valence-electron chi connectivity index (χ4n) is 6.76. The third-order valence-electron chi connectivity index (χ3n) is 7.47. The quantitative estimate of drug-likeness (QED) is 0.534. The highest BCUT2D eigenvalue weighted by Gasteiger charge is 2.65. The molecule has 0 aromatic carbocycles. The molecule has 0 aromatic rings. The first-order chi connectivity index (χ1) is 9.06. The van der Waals surface area contributed by atoms with Crippen molar-refractivity contribution >= 4 is 0 Å². The van der Waals surface area contributed by atoms with Crippen LogP contribution in [0.1, 0.15) is 39.5 Å². The second kappa shape index (κ2) is 3.66. The lowest BCUT2D eigenvalue weighted by molar-refractivity contribution is 0.0511. The summed E-state index contributed by atoms with van der Waals surface area (Å²) in [5.41, 5.74) is 0.306. The Hall–Kier alpha value is -0.770. The molecule has 4 aliphatic carbocycles. The lowest BCUT2D eigenvalue weighted by Crippen LogP contribution is -2.39. The highest BCUT2D eigenvalue weighted by Crippen LogP contribution is 2.71. The van der Waals surface area contributed by atoms with Crippen molar-refractivity contribution in [3.63, 3.8) is 0 Å². The van der Waals surface area contributed by atoms with Crippen molar-refractivity contribution in [3.8, 4) is 6.07 Å². The fourth-order valence-corrected chi connectivity index (χ4v) is 6.76. The minimum atomic E-state index is 0.306. The van der Waals surface area contributed by atoms with Gasteiger partial charge in [-0.2, -0.15) is 5.26 Å². The van der Waals surface area contributed by atoms with Gasteiger partial charge < -0.3 is 0 Å². The van der Waals surface area contributed by atoms with Crippen LogP contribution in [0.4, 0.5) is 0 Å². The van der Waals surface area contributed by atoms with Gasteiger partial charge in [0.2, 0.25) is 0 Å². The van der Waals surface area contributed by atoms with Gasteiger partial charge in [0, 0.05) is 5.92 Å². The lowest BCUT2D eigenvalue weighted by Gasteiger charge is -2.44. The molecule has 0 radical (unpaired) electrons. The maximum absolute atomic E-state index is 9.33. The summed E-state index contributed by atoms with van der Waals surface area (Å²) in [5, 5.41) is 9.33. The zero-order chi connectivity index (χ0) is 13.4. The van der Waals surface area contributed by atoms with Crippen molar-refractivity contribution < 1.29 is 0 Å². The van der Waals surface area contributed by atoms with Crippen molar-refractivity contribution in [2.24, 2.45) is 52.8 Å². The van der Waals surface area contributed by atoms with E-state index in [-0.39, 0.29) is 0 Å². The van der Waals surface area contributed by atoms with Gasteiger partial charge in [0.05, 0.1) is 6.07 Å². The Kier molecular flexibility index (Phi) is 2.31. The lowest BCUT2D eigenvalue weighted by atomic mass is 9.60. The Morgan fingerprint density at radius 2 is 1.68 bits per heavy atom. The molecule has 4 rings (SSSR count). The Balaban J connectivity index is 1.63. The predicted molar refractivity (Wildman–Crippen MR) is 76.0 cm³/mol. The zero-order valence-corrected chi connectivity index (χ0v) is 12.2. The van der Waals surface area contributed by atoms with Crippen molar-refractivity contribution in [2.45, 2.75) is 39.5 Å². The van der Waals surface area contributed by atoms with E-state index in [9.17, 15) is 5.26 Å². The van der Waals surface area contributed by atoms with Gasteiger partial charge in [-0.3, -0.25) is 0 Å². The van der Waals surface area contributed by atoms with Crippen LogP contribution in [0.25, 0.3) is 0 Å². The highest BCUT2D eigenvalue weighted by molar-refractivity contribution is 5.17. The van der Waals surface area contributed by atoms with Gasteiger partial charge in [-0.15, -0.1) is 6.58 Å². The average molecular weight is 255 g/mol. The summed E-state index contributed by atoms with van der Waals surface area (Å²) in [6.45, 7) is 8.84. The van der Waals surface area contributed by atoms with E-state index in [0.29, 0.717) is 11.3 Å². The first kappa shape index (κ1) is 12.0. The molecule has 1 nitrogen and oxygen atoms in total. The van der Waals surface area contributed by atoms with Crippen LogP contribution >= 0.6 is 0 Å². The van der Waals surface area contributed by atoms with Gasteiger partial charge in [0.1, 0.15) is 0 Å². The van der Waals surface area contributed by atoms with Crippen LogP contribution in [0.2, 0.25) is 0 Å². The van der Waals surface area contributed by atoms with E-state index in [0.717, 1.165) is 41.4 Å². The minimum absolute atomic E-state index is 0.306. The molecule has 0 aromatic heterocycles. The molecule has 0 N–H and O–H groups in total. The fraction of sp³-hybridized carbons (Fsp3) is 0.833. The number of nitriles is 1. The van der Waals surface area contributed by atoms with Crippen molar-refractivity contribution in [1.82, 2.24) is 0 Å². The van der Waals surface area contributed by atoms with Crippen LogP contribution in [0.5, 0.6) is 0 Å². The molecule has 0 saturated heterocycles. The minimum Gasteiger partial charge on any atom is -0.198 e. The van der Waals surface area contributed by atoms with Crippen LogP contribution < -0.4 is 0 Å². The first-order valence-corrected chi connectivity index (χ1v) is 8.10. The van der Waals surface area contributed by atoms with Crippen molar-refractivity contribution in [2.75, 3.05) is 0 Å². The Labute approximate surface area is 117 Å². The second-order valence-electron chi connectivity index (χ2n) is 8.31. The monoisotopic (exact) mass is 255 g/mol. The molecule has 0 aliphatic heterocycles. The molecule has 19 heavy (non-hydrogen) atoms. The smallest absolute Gasteiger partial charge is 0.0658 e. The SMILES string of the molecule is C=CC(C)(C)C1CC2CC1C1C3CC(C#N)[C@@H](C3)C21. The number of nitrogens with zero attached hydrogens (tertiary/aromatic N) is 1. The molecule has 4 aliphatic rings. The molecule has 0 amide bonds. The topological polar surface area (TPSA) is 23.8 Å². The Morgan fingerprint density at radius 3 is 2.37 bits per heavy atom. The molecule has 7 unspecified atom stereocenters. The van der Waals surface area contributed by atoms with Crippen molar-refractivity contribution in [1.29, 1.82) is 5.26 Å². The predicted octanol–water partition coefficient (Wildman–Crippen LogP) is 4.27. The van der Waals surface area contributed by atoms with E-state index in [1.165, 1.54) is 25.7 Å². The molecule has 8 atom stereocenters. The van der Waals surface area contributed by atoms with E-state index in [4.69, 9.17) is 0 Å². The van der Waals surface area contributed by atoms with E-state index >= 15 is 0 Å². The van der Waals surface area contributed by atoms with Crippen LogP contribution in [0.15, 0.2) is 12.7 Å². The van der Waals surface area contributed by atoms with E-state index in [1.54, 1.807) is 0 Å². The number of rotatable bonds is 2. The number of fused-ring (bicyclic) bond motifs is 9. The van der Waals surface area contributed by atoms with Gasteiger partial charge in [0.25, 0.3) is 0 Å². The highest BCUT2D eigenvalue weighted by atomic mass is 14.7. The Bertz CT molecular complexity index is 457. The summed E-state index contributed by atoms with van der Waals surface area (Å²) in [5.74, 6) is 6.68. The number of hydrogen-bond acceptors (Lipinski definition) is 1. The molecule has 0 spiro atoms. The van der Waals surface area contributed by atoms with Crippen LogP contribution in [0, 0.1) is 64.1 Å². The van der Waals surface area contributed by atoms with Gasteiger partial charge in [0.15, 0.2) is 0 Å². The Morgan fingerprint density at radius 1 is 1.05 bits per heavy atom. The molecule has 0 heterocycles. The average Bonchev–Trinajstić information content (AvgIpc) is 3.14. The largest absolute Gasteiger partial charge is 0.198 e. The third kappa shape index (κ3) is 1.36. The zero-order valence-electron chi connectivity index (χ0n) is 12.2. The first-order valence-electron chi connectivity index (χ1n) is 8.10. The van der Waals surface area contributed by atoms with Gasteiger partial charge in [-0.25, -0.2) is 0 Å². The summed E-state index contributed by atoms with van der Waals surface area (Å²) in [6, 6.07) is 2.60.